The molecule has 1 saturated heterocycles. The lowest BCUT2D eigenvalue weighted by Gasteiger charge is -2.37. The van der Waals surface area contributed by atoms with Gasteiger partial charge in [0.2, 0.25) is 5.91 Å². The largest absolute Gasteiger partial charge is 0.484 e. The fraction of sp³-hybridized carbons (Fsp3) is 0.417. The van der Waals surface area contributed by atoms with E-state index in [9.17, 15) is 22.4 Å². The number of carbonyl (C=O) groups is 2. The van der Waals surface area contributed by atoms with E-state index in [1.807, 2.05) is 0 Å². The molecule has 0 spiro atoms. The number of sulfonamides is 1. The summed E-state index contributed by atoms with van der Waals surface area (Å²) in [6, 6.07) is 9.17. The van der Waals surface area contributed by atoms with Crippen molar-refractivity contribution in [2.24, 2.45) is 0 Å². The number of nitrogens with one attached hydrogen (secondary N) is 1. The van der Waals surface area contributed by atoms with Gasteiger partial charge in [0.1, 0.15) is 23.3 Å². The van der Waals surface area contributed by atoms with Gasteiger partial charge in [0.25, 0.3) is 10.0 Å². The average Bonchev–Trinajstić information content (AvgIpc) is 3.16. The predicted molar refractivity (Wildman–Crippen MR) is 127 cm³/mol. The molecule has 0 radical (unpaired) electrons. The number of ether oxygens (including phenoxy) is 2. The lowest BCUT2D eigenvalue weighted by molar-refractivity contribution is -0.128. The van der Waals surface area contributed by atoms with E-state index in [1.165, 1.54) is 22.5 Å². The van der Waals surface area contributed by atoms with Crippen LogP contribution in [0.25, 0.3) is 0 Å². The molecule has 4 rings (SSSR count). The van der Waals surface area contributed by atoms with Gasteiger partial charge >= 0.3 is 6.09 Å². The third-order valence-electron chi connectivity index (χ3n) is 5.53. The number of hydrogen-bond donors (Lipinski definition) is 1. The van der Waals surface area contributed by atoms with Crippen LogP contribution in [0.3, 0.4) is 0 Å². The smallest absolute Gasteiger partial charge is 0.412 e. The molecular weight excluding hydrogens is 477 g/mol. The quantitative estimate of drug-likeness (QED) is 0.664. The van der Waals surface area contributed by atoms with Crippen LogP contribution in [-0.4, -0.2) is 56.7 Å². The summed E-state index contributed by atoms with van der Waals surface area (Å²) >= 11 is 0. The number of hydrogen-bond acceptors (Lipinski definition) is 6. The number of halogens is 1. The Morgan fingerprint density at radius 2 is 1.91 bits per heavy atom. The number of nitrogens with zero attached hydrogens (tertiary/aromatic N) is 2. The van der Waals surface area contributed by atoms with E-state index in [4.69, 9.17) is 9.47 Å². The Hall–Kier alpha value is -3.34. The van der Waals surface area contributed by atoms with Gasteiger partial charge in [0.05, 0.1) is 23.7 Å². The molecule has 2 amide bonds. The first kappa shape index (κ1) is 24.8. The summed E-state index contributed by atoms with van der Waals surface area (Å²) in [6.07, 6.45) is -0.0861. The minimum Gasteiger partial charge on any atom is -0.484 e. The lowest BCUT2D eigenvalue weighted by Crippen LogP contribution is -2.48. The number of anilines is 2. The molecule has 2 aromatic rings. The maximum absolute atomic E-state index is 13.6. The van der Waals surface area contributed by atoms with E-state index in [2.05, 4.69) is 5.32 Å². The van der Waals surface area contributed by atoms with Crippen molar-refractivity contribution < 1.29 is 31.9 Å². The van der Waals surface area contributed by atoms with Gasteiger partial charge in [-0.1, -0.05) is 0 Å². The minimum atomic E-state index is -4.11. The standard InChI is InChI=1S/C24H28FN3O6S/c1-24(2,3)34-23(30)26-17-8-11-21-20(13-17)28(35(31,32)19-9-6-16(25)7-10-19)15-18(33-21)14-27-12-4-5-22(27)29/h6-11,13,18H,4-5,12,14-15H2,1-3H3,(H,26,30)/t18-/m0/s1. The van der Waals surface area contributed by atoms with Crippen LogP contribution in [0.1, 0.15) is 33.6 Å². The Bertz CT molecular complexity index is 1230. The maximum atomic E-state index is 13.6. The van der Waals surface area contributed by atoms with E-state index < -0.39 is 33.6 Å². The van der Waals surface area contributed by atoms with Crippen LogP contribution in [0.5, 0.6) is 5.75 Å². The van der Waals surface area contributed by atoms with Crippen molar-refractivity contribution in [2.75, 3.05) is 29.3 Å². The van der Waals surface area contributed by atoms with Gasteiger partial charge < -0.3 is 14.4 Å². The maximum Gasteiger partial charge on any atom is 0.412 e. The molecule has 1 fully saturated rings. The van der Waals surface area contributed by atoms with E-state index >= 15 is 0 Å². The van der Waals surface area contributed by atoms with Crippen molar-refractivity contribution >= 4 is 33.4 Å². The van der Waals surface area contributed by atoms with Crippen molar-refractivity contribution in [2.45, 2.75) is 50.2 Å². The second kappa shape index (κ2) is 9.37. The zero-order valence-corrected chi connectivity index (χ0v) is 20.6. The fourth-order valence-corrected chi connectivity index (χ4v) is 5.51. The molecule has 2 aliphatic rings. The van der Waals surface area contributed by atoms with Crippen LogP contribution in [0.4, 0.5) is 20.6 Å². The number of rotatable bonds is 5. The first-order chi connectivity index (χ1) is 16.4. The highest BCUT2D eigenvalue weighted by molar-refractivity contribution is 7.92. The molecule has 0 bridgehead atoms. The van der Waals surface area contributed by atoms with Crippen LogP contribution < -0.4 is 14.4 Å². The summed E-state index contributed by atoms with van der Waals surface area (Å²) in [7, 11) is -4.11. The molecule has 0 saturated carbocycles. The van der Waals surface area contributed by atoms with Crippen molar-refractivity contribution in [3.8, 4) is 5.75 Å². The van der Waals surface area contributed by atoms with Crippen LogP contribution in [-0.2, 0) is 19.6 Å². The van der Waals surface area contributed by atoms with Crippen LogP contribution in [0.15, 0.2) is 47.4 Å². The monoisotopic (exact) mass is 505 g/mol. The molecule has 1 atom stereocenters. The van der Waals surface area contributed by atoms with Gasteiger partial charge in [-0.2, -0.15) is 0 Å². The molecule has 35 heavy (non-hydrogen) atoms. The number of benzene rings is 2. The molecule has 2 aliphatic heterocycles. The normalized spacial score (nSPS) is 18.2. The van der Waals surface area contributed by atoms with E-state index in [1.54, 1.807) is 37.8 Å². The highest BCUT2D eigenvalue weighted by Crippen LogP contribution is 2.39. The SMILES string of the molecule is CC(C)(C)OC(=O)Nc1ccc2c(c1)N(S(=O)(=O)c1ccc(F)cc1)C[C@H](CN1CCCC1=O)O2. The summed E-state index contributed by atoms with van der Waals surface area (Å²) in [4.78, 5) is 25.9. The fourth-order valence-electron chi connectivity index (χ4n) is 4.01. The molecule has 0 aliphatic carbocycles. The topological polar surface area (TPSA) is 105 Å². The summed E-state index contributed by atoms with van der Waals surface area (Å²) in [5, 5.41) is 2.60. The molecule has 0 aromatic heterocycles. The minimum absolute atomic E-state index is 0.00393. The van der Waals surface area contributed by atoms with Gasteiger partial charge in [-0.3, -0.25) is 14.4 Å². The highest BCUT2D eigenvalue weighted by Gasteiger charge is 2.37. The van der Waals surface area contributed by atoms with Crippen molar-refractivity contribution in [1.82, 2.24) is 4.90 Å². The zero-order chi connectivity index (χ0) is 25.4. The molecule has 2 heterocycles. The molecule has 1 N–H and O–H groups in total. The molecular formula is C24H28FN3O6S. The Kier molecular flexibility index (Phi) is 6.63. The molecule has 0 unspecified atom stereocenters. The summed E-state index contributed by atoms with van der Waals surface area (Å²) in [5.74, 6) is -0.266. The summed E-state index contributed by atoms with van der Waals surface area (Å²) in [5.41, 5.74) is -0.180. The Balaban J connectivity index is 1.67. The van der Waals surface area contributed by atoms with Gasteiger partial charge in [-0.25, -0.2) is 17.6 Å². The van der Waals surface area contributed by atoms with Gasteiger partial charge in [-0.15, -0.1) is 0 Å². The van der Waals surface area contributed by atoms with E-state index in [0.717, 1.165) is 18.6 Å². The third-order valence-corrected chi connectivity index (χ3v) is 7.33. The summed E-state index contributed by atoms with van der Waals surface area (Å²) < 4.78 is 53.1. The Morgan fingerprint density at radius 3 is 2.54 bits per heavy atom. The Morgan fingerprint density at radius 1 is 1.20 bits per heavy atom. The lowest BCUT2D eigenvalue weighted by atomic mass is 10.2. The van der Waals surface area contributed by atoms with E-state index in [0.29, 0.717) is 18.7 Å². The van der Waals surface area contributed by atoms with Crippen molar-refractivity contribution in [3.05, 3.63) is 48.3 Å². The number of carbonyl (C=O) groups excluding carboxylic acids is 2. The van der Waals surface area contributed by atoms with Crippen LogP contribution >= 0.6 is 0 Å². The third kappa shape index (κ3) is 5.67. The predicted octanol–water partition coefficient (Wildman–Crippen LogP) is 3.75. The first-order valence-corrected chi connectivity index (χ1v) is 12.7. The van der Waals surface area contributed by atoms with Gasteiger partial charge in [0.15, 0.2) is 0 Å². The molecule has 9 nitrogen and oxygen atoms in total. The Labute approximate surface area is 203 Å². The highest BCUT2D eigenvalue weighted by atomic mass is 32.2. The second-order valence-corrected chi connectivity index (χ2v) is 11.3. The van der Waals surface area contributed by atoms with Crippen LogP contribution in [0.2, 0.25) is 0 Å². The van der Waals surface area contributed by atoms with E-state index in [-0.39, 0.29) is 35.3 Å². The zero-order valence-electron chi connectivity index (χ0n) is 19.8. The van der Waals surface area contributed by atoms with Crippen molar-refractivity contribution in [1.29, 1.82) is 0 Å². The van der Waals surface area contributed by atoms with Gasteiger partial charge in [0, 0.05) is 18.7 Å². The number of fused-ring (bicyclic) bond motifs is 1. The van der Waals surface area contributed by atoms with Gasteiger partial charge in [-0.05, 0) is 69.7 Å². The van der Waals surface area contributed by atoms with Crippen molar-refractivity contribution in [3.63, 3.8) is 0 Å². The molecule has 188 valence electrons. The second-order valence-electron chi connectivity index (χ2n) is 9.48. The average molecular weight is 506 g/mol. The molecule has 11 heteroatoms. The van der Waals surface area contributed by atoms with Crippen LogP contribution in [0, 0.1) is 5.82 Å². The first-order valence-electron chi connectivity index (χ1n) is 11.3. The number of likely N-dealkylation sites (tertiary alicyclic amines) is 1. The summed E-state index contributed by atoms with van der Waals surface area (Å²) in [6.45, 7) is 5.97. The number of amides is 2. The molecule has 2 aromatic carbocycles.